The van der Waals surface area contributed by atoms with Gasteiger partial charge in [0, 0.05) is 13.1 Å². The summed E-state index contributed by atoms with van der Waals surface area (Å²) in [6.07, 6.45) is 4.34. The number of urea groups is 1. The lowest BCUT2D eigenvalue weighted by Crippen LogP contribution is -2.44. The molecular formula is C16H22N2O3. The standard InChI is InChI=1S/C16H22N2O3/c1-21-15(19)14(13-9-5-4-6-10-13)17-16(20)18-11-7-2-3-8-12-18/h4-6,9-10,14H,2-3,7-8,11-12H2,1H3,(H,17,20). The van der Waals surface area contributed by atoms with Gasteiger partial charge in [0.2, 0.25) is 0 Å². The molecule has 0 radical (unpaired) electrons. The van der Waals surface area contributed by atoms with Crippen molar-refractivity contribution < 1.29 is 14.3 Å². The van der Waals surface area contributed by atoms with Crippen LogP contribution in [0.3, 0.4) is 0 Å². The van der Waals surface area contributed by atoms with Gasteiger partial charge in [0.05, 0.1) is 7.11 Å². The van der Waals surface area contributed by atoms with E-state index in [4.69, 9.17) is 4.74 Å². The normalized spacial score (nSPS) is 16.7. The number of amides is 2. The fourth-order valence-corrected chi connectivity index (χ4v) is 2.53. The van der Waals surface area contributed by atoms with Crippen LogP contribution in [0.15, 0.2) is 30.3 Å². The molecule has 1 atom stereocenters. The van der Waals surface area contributed by atoms with Crippen LogP contribution in [-0.2, 0) is 9.53 Å². The first-order chi connectivity index (χ1) is 10.2. The van der Waals surface area contributed by atoms with E-state index >= 15 is 0 Å². The second kappa shape index (κ2) is 7.67. The Morgan fingerprint density at radius 3 is 2.29 bits per heavy atom. The number of likely N-dealkylation sites (tertiary alicyclic amines) is 1. The molecule has 0 aromatic heterocycles. The molecule has 0 aliphatic carbocycles. The Kier molecular flexibility index (Phi) is 5.60. The molecule has 114 valence electrons. The highest BCUT2D eigenvalue weighted by molar-refractivity contribution is 5.84. The first-order valence-electron chi connectivity index (χ1n) is 7.40. The largest absolute Gasteiger partial charge is 0.467 e. The van der Waals surface area contributed by atoms with E-state index in [1.54, 1.807) is 4.90 Å². The lowest BCUT2D eigenvalue weighted by atomic mass is 10.1. The van der Waals surface area contributed by atoms with E-state index in [9.17, 15) is 9.59 Å². The van der Waals surface area contributed by atoms with Crippen molar-refractivity contribution in [2.75, 3.05) is 20.2 Å². The maximum Gasteiger partial charge on any atom is 0.333 e. The third-order valence-corrected chi connectivity index (χ3v) is 3.73. The van der Waals surface area contributed by atoms with Gasteiger partial charge >= 0.3 is 12.0 Å². The topological polar surface area (TPSA) is 58.6 Å². The summed E-state index contributed by atoms with van der Waals surface area (Å²) in [4.78, 5) is 26.1. The van der Waals surface area contributed by atoms with Crippen LogP contribution in [0.1, 0.15) is 37.3 Å². The molecule has 5 heteroatoms. The van der Waals surface area contributed by atoms with E-state index in [2.05, 4.69) is 5.32 Å². The molecular weight excluding hydrogens is 268 g/mol. The second-order valence-corrected chi connectivity index (χ2v) is 5.22. The monoisotopic (exact) mass is 290 g/mol. The van der Waals surface area contributed by atoms with E-state index in [1.807, 2.05) is 30.3 Å². The summed E-state index contributed by atoms with van der Waals surface area (Å²) in [6, 6.07) is 8.21. The number of hydrogen-bond acceptors (Lipinski definition) is 3. The van der Waals surface area contributed by atoms with Gasteiger partial charge in [-0.3, -0.25) is 0 Å². The molecule has 1 heterocycles. The Labute approximate surface area is 125 Å². The number of benzene rings is 1. The van der Waals surface area contributed by atoms with Crippen LogP contribution in [0.5, 0.6) is 0 Å². The highest BCUT2D eigenvalue weighted by Gasteiger charge is 2.26. The number of carbonyl (C=O) groups excluding carboxylic acids is 2. The number of rotatable bonds is 3. The molecule has 1 aromatic rings. The van der Waals surface area contributed by atoms with Crippen molar-refractivity contribution >= 4 is 12.0 Å². The molecule has 1 unspecified atom stereocenters. The van der Waals surface area contributed by atoms with Gasteiger partial charge in [0.1, 0.15) is 0 Å². The Hall–Kier alpha value is -2.04. The number of nitrogens with zero attached hydrogens (tertiary/aromatic N) is 1. The molecule has 21 heavy (non-hydrogen) atoms. The average Bonchev–Trinajstić information content (AvgIpc) is 2.82. The van der Waals surface area contributed by atoms with Crippen molar-refractivity contribution in [1.82, 2.24) is 10.2 Å². The molecule has 1 saturated heterocycles. The molecule has 2 amide bonds. The lowest BCUT2D eigenvalue weighted by molar-refractivity contribution is -0.143. The van der Waals surface area contributed by atoms with Crippen LogP contribution < -0.4 is 5.32 Å². The van der Waals surface area contributed by atoms with Gasteiger partial charge in [-0.2, -0.15) is 0 Å². The third kappa shape index (κ3) is 4.21. The van der Waals surface area contributed by atoms with E-state index in [0.717, 1.165) is 44.3 Å². The number of nitrogens with one attached hydrogen (secondary N) is 1. The lowest BCUT2D eigenvalue weighted by Gasteiger charge is -2.24. The van der Waals surface area contributed by atoms with Crippen LogP contribution >= 0.6 is 0 Å². The minimum atomic E-state index is -0.757. The van der Waals surface area contributed by atoms with Gasteiger partial charge in [0.15, 0.2) is 6.04 Å². The van der Waals surface area contributed by atoms with E-state index < -0.39 is 12.0 Å². The van der Waals surface area contributed by atoms with Gasteiger partial charge in [-0.15, -0.1) is 0 Å². The minimum Gasteiger partial charge on any atom is -0.467 e. The number of ether oxygens (including phenoxy) is 1. The van der Waals surface area contributed by atoms with E-state index in [0.29, 0.717) is 0 Å². The number of esters is 1. The molecule has 0 bridgehead atoms. The summed E-state index contributed by atoms with van der Waals surface area (Å²) >= 11 is 0. The summed E-state index contributed by atoms with van der Waals surface area (Å²) < 4.78 is 4.81. The molecule has 5 nitrogen and oxygen atoms in total. The van der Waals surface area contributed by atoms with Crippen molar-refractivity contribution in [1.29, 1.82) is 0 Å². The zero-order valence-electron chi connectivity index (χ0n) is 12.4. The molecule has 1 aliphatic rings. The third-order valence-electron chi connectivity index (χ3n) is 3.73. The quantitative estimate of drug-likeness (QED) is 0.870. The summed E-state index contributed by atoms with van der Waals surface area (Å²) in [5, 5.41) is 2.79. The highest BCUT2D eigenvalue weighted by atomic mass is 16.5. The number of methoxy groups -OCH3 is 1. The SMILES string of the molecule is COC(=O)C(NC(=O)N1CCCCCC1)c1ccccc1. The van der Waals surface area contributed by atoms with Crippen LogP contribution in [0.4, 0.5) is 4.79 Å². The predicted molar refractivity (Wildman–Crippen MR) is 79.8 cm³/mol. The van der Waals surface area contributed by atoms with Crippen LogP contribution in [0.25, 0.3) is 0 Å². The molecule has 1 N–H and O–H groups in total. The van der Waals surface area contributed by atoms with Gasteiger partial charge in [-0.1, -0.05) is 43.2 Å². The summed E-state index contributed by atoms with van der Waals surface area (Å²) in [6.45, 7) is 1.49. The van der Waals surface area contributed by atoms with Crippen molar-refractivity contribution in [3.8, 4) is 0 Å². The number of hydrogen-bond donors (Lipinski definition) is 1. The summed E-state index contributed by atoms with van der Waals surface area (Å²) in [5.41, 5.74) is 0.729. The Morgan fingerprint density at radius 1 is 1.10 bits per heavy atom. The highest BCUT2D eigenvalue weighted by Crippen LogP contribution is 2.16. The zero-order chi connectivity index (χ0) is 15.1. The van der Waals surface area contributed by atoms with Crippen molar-refractivity contribution in [2.24, 2.45) is 0 Å². The fourth-order valence-electron chi connectivity index (χ4n) is 2.53. The van der Waals surface area contributed by atoms with Gasteiger partial charge < -0.3 is 15.0 Å². The van der Waals surface area contributed by atoms with Gasteiger partial charge in [-0.25, -0.2) is 9.59 Å². The van der Waals surface area contributed by atoms with Crippen LogP contribution in [0, 0.1) is 0 Å². The maximum absolute atomic E-state index is 12.4. The van der Waals surface area contributed by atoms with Gasteiger partial charge in [0.25, 0.3) is 0 Å². The summed E-state index contributed by atoms with van der Waals surface area (Å²) in [7, 11) is 1.33. The first-order valence-corrected chi connectivity index (χ1v) is 7.40. The molecule has 1 aliphatic heterocycles. The number of carbonyl (C=O) groups is 2. The molecule has 0 saturated carbocycles. The van der Waals surface area contributed by atoms with Crippen LogP contribution in [0.2, 0.25) is 0 Å². The van der Waals surface area contributed by atoms with Gasteiger partial charge in [-0.05, 0) is 18.4 Å². The predicted octanol–water partition coefficient (Wildman–Crippen LogP) is 2.49. The molecule has 1 fully saturated rings. The Balaban J connectivity index is 2.07. The van der Waals surface area contributed by atoms with E-state index in [-0.39, 0.29) is 6.03 Å². The van der Waals surface area contributed by atoms with Crippen LogP contribution in [-0.4, -0.2) is 37.1 Å². The minimum absolute atomic E-state index is 0.198. The molecule has 1 aromatic carbocycles. The van der Waals surface area contributed by atoms with Crippen molar-refractivity contribution in [3.05, 3.63) is 35.9 Å². The zero-order valence-corrected chi connectivity index (χ0v) is 12.4. The fraction of sp³-hybridized carbons (Fsp3) is 0.500. The van der Waals surface area contributed by atoms with Crippen molar-refractivity contribution in [3.63, 3.8) is 0 Å². The first kappa shape index (κ1) is 15.4. The summed E-state index contributed by atoms with van der Waals surface area (Å²) in [5.74, 6) is -0.454. The molecule has 0 spiro atoms. The maximum atomic E-state index is 12.4. The van der Waals surface area contributed by atoms with Crippen molar-refractivity contribution in [2.45, 2.75) is 31.7 Å². The second-order valence-electron chi connectivity index (χ2n) is 5.22. The van der Waals surface area contributed by atoms with E-state index in [1.165, 1.54) is 7.11 Å². The smallest absolute Gasteiger partial charge is 0.333 e. The Morgan fingerprint density at radius 2 is 1.71 bits per heavy atom. The Bertz CT molecular complexity index is 468. The average molecular weight is 290 g/mol. The molecule has 2 rings (SSSR count).